The molecule has 0 fully saturated rings. The van der Waals surface area contributed by atoms with Gasteiger partial charge in [0.25, 0.3) is 0 Å². The zero-order valence-corrected chi connectivity index (χ0v) is 11.7. The largest absolute Gasteiger partial charge is 0.497 e. The first kappa shape index (κ1) is 13.8. The quantitative estimate of drug-likeness (QED) is 0.832. The van der Waals surface area contributed by atoms with Crippen LogP contribution < -0.4 is 10.1 Å². The summed E-state index contributed by atoms with van der Waals surface area (Å²) in [5.74, 6) is 0.874. The summed E-state index contributed by atoms with van der Waals surface area (Å²) in [6.07, 6.45) is 0. The minimum Gasteiger partial charge on any atom is -0.497 e. The van der Waals surface area contributed by atoms with Gasteiger partial charge in [-0.25, -0.2) is 0 Å². The Kier molecular flexibility index (Phi) is 5.22. The van der Waals surface area contributed by atoms with E-state index in [1.807, 2.05) is 36.2 Å². The highest BCUT2D eigenvalue weighted by molar-refractivity contribution is 7.80. The van der Waals surface area contributed by atoms with Crippen molar-refractivity contribution in [2.24, 2.45) is 0 Å². The van der Waals surface area contributed by atoms with Gasteiger partial charge in [-0.3, -0.25) is 0 Å². The van der Waals surface area contributed by atoms with E-state index >= 15 is 0 Å². The summed E-state index contributed by atoms with van der Waals surface area (Å²) in [6.45, 7) is 4.95. The summed E-state index contributed by atoms with van der Waals surface area (Å²) < 4.78 is 5.12. The van der Waals surface area contributed by atoms with Gasteiger partial charge in [-0.1, -0.05) is 12.1 Å². The Morgan fingerprint density at radius 2 is 1.94 bits per heavy atom. The molecule has 0 saturated heterocycles. The fourth-order valence-electron chi connectivity index (χ4n) is 1.43. The molecule has 0 unspecified atom stereocenters. The summed E-state index contributed by atoms with van der Waals surface area (Å²) in [7, 11) is 3.66. The fraction of sp³-hybridized carbons (Fsp3) is 0.462. The van der Waals surface area contributed by atoms with Crippen molar-refractivity contribution in [3.8, 4) is 5.75 Å². The van der Waals surface area contributed by atoms with E-state index in [0.717, 1.165) is 17.4 Å². The Labute approximate surface area is 109 Å². The van der Waals surface area contributed by atoms with Crippen LogP contribution >= 0.6 is 12.2 Å². The van der Waals surface area contributed by atoms with Gasteiger partial charge in [-0.2, -0.15) is 0 Å². The van der Waals surface area contributed by atoms with Crippen molar-refractivity contribution >= 4 is 17.3 Å². The highest BCUT2D eigenvalue weighted by Crippen LogP contribution is 2.12. The minimum atomic E-state index is 0.362. The molecule has 1 aromatic rings. The van der Waals surface area contributed by atoms with Crippen LogP contribution in [0.15, 0.2) is 24.3 Å². The van der Waals surface area contributed by atoms with Crippen LogP contribution in [0.1, 0.15) is 19.4 Å². The maximum atomic E-state index is 5.29. The van der Waals surface area contributed by atoms with Crippen molar-refractivity contribution < 1.29 is 4.74 Å². The van der Waals surface area contributed by atoms with E-state index in [9.17, 15) is 0 Å². The van der Waals surface area contributed by atoms with Crippen molar-refractivity contribution in [1.29, 1.82) is 0 Å². The van der Waals surface area contributed by atoms with E-state index in [0.29, 0.717) is 6.04 Å². The Morgan fingerprint density at radius 1 is 1.35 bits per heavy atom. The average molecular weight is 252 g/mol. The summed E-state index contributed by atoms with van der Waals surface area (Å²) in [6, 6.07) is 8.38. The molecule has 0 spiro atoms. The molecular formula is C13H20N2OS. The second-order valence-electron chi connectivity index (χ2n) is 4.31. The van der Waals surface area contributed by atoms with Crippen LogP contribution in [0.2, 0.25) is 0 Å². The van der Waals surface area contributed by atoms with Gasteiger partial charge in [0.1, 0.15) is 5.75 Å². The number of ether oxygens (including phenoxy) is 1. The average Bonchev–Trinajstić information content (AvgIpc) is 2.29. The Hall–Kier alpha value is -1.29. The predicted octanol–water partition coefficient (Wildman–Crippen LogP) is 2.41. The number of nitrogens with zero attached hydrogens (tertiary/aromatic N) is 1. The van der Waals surface area contributed by atoms with Crippen LogP contribution in [-0.4, -0.2) is 30.2 Å². The van der Waals surface area contributed by atoms with E-state index in [-0.39, 0.29) is 0 Å². The maximum absolute atomic E-state index is 5.29. The topological polar surface area (TPSA) is 24.5 Å². The van der Waals surface area contributed by atoms with E-state index < -0.39 is 0 Å². The Bertz CT molecular complexity index is 362. The number of hydrogen-bond acceptors (Lipinski definition) is 2. The summed E-state index contributed by atoms with van der Waals surface area (Å²) in [5, 5.41) is 3.99. The van der Waals surface area contributed by atoms with Gasteiger partial charge in [0, 0.05) is 19.6 Å². The molecule has 0 atom stereocenters. The third kappa shape index (κ3) is 4.61. The zero-order chi connectivity index (χ0) is 12.8. The van der Waals surface area contributed by atoms with Gasteiger partial charge in [0.05, 0.1) is 7.11 Å². The standard InChI is InChI=1S/C13H20N2OS/c1-10(2)14-13(17)15(3)9-11-5-7-12(16-4)8-6-11/h5-8,10H,9H2,1-4H3,(H,14,17). The van der Waals surface area contributed by atoms with Crippen molar-refractivity contribution in [2.45, 2.75) is 26.4 Å². The maximum Gasteiger partial charge on any atom is 0.169 e. The molecular weight excluding hydrogens is 232 g/mol. The number of hydrogen-bond donors (Lipinski definition) is 1. The van der Waals surface area contributed by atoms with Crippen LogP contribution in [0, 0.1) is 0 Å². The zero-order valence-electron chi connectivity index (χ0n) is 10.9. The van der Waals surface area contributed by atoms with Crippen LogP contribution in [0.4, 0.5) is 0 Å². The lowest BCUT2D eigenvalue weighted by atomic mass is 10.2. The molecule has 0 aliphatic rings. The number of benzene rings is 1. The van der Waals surface area contributed by atoms with Crippen molar-refractivity contribution in [3.05, 3.63) is 29.8 Å². The van der Waals surface area contributed by atoms with Crippen molar-refractivity contribution in [2.75, 3.05) is 14.2 Å². The molecule has 1 rings (SSSR count). The van der Waals surface area contributed by atoms with Gasteiger partial charge in [-0.15, -0.1) is 0 Å². The molecule has 0 aliphatic heterocycles. The smallest absolute Gasteiger partial charge is 0.169 e. The SMILES string of the molecule is COc1ccc(CN(C)C(=S)NC(C)C)cc1. The number of methoxy groups -OCH3 is 1. The normalized spacial score (nSPS) is 10.2. The fourth-order valence-corrected chi connectivity index (χ4v) is 1.73. The summed E-state index contributed by atoms with van der Waals surface area (Å²) >= 11 is 5.29. The monoisotopic (exact) mass is 252 g/mol. The highest BCUT2D eigenvalue weighted by Gasteiger charge is 2.06. The molecule has 1 N–H and O–H groups in total. The molecule has 0 saturated carbocycles. The van der Waals surface area contributed by atoms with E-state index in [1.165, 1.54) is 5.56 Å². The first-order valence-corrected chi connectivity index (χ1v) is 6.08. The molecule has 0 bridgehead atoms. The van der Waals surface area contributed by atoms with Gasteiger partial charge < -0.3 is 15.0 Å². The molecule has 4 heteroatoms. The molecule has 0 amide bonds. The third-order valence-electron chi connectivity index (χ3n) is 2.34. The summed E-state index contributed by atoms with van der Waals surface area (Å²) in [4.78, 5) is 2.02. The predicted molar refractivity (Wildman–Crippen MR) is 75.3 cm³/mol. The molecule has 17 heavy (non-hydrogen) atoms. The highest BCUT2D eigenvalue weighted by atomic mass is 32.1. The molecule has 0 aliphatic carbocycles. The van der Waals surface area contributed by atoms with Crippen molar-refractivity contribution in [3.63, 3.8) is 0 Å². The van der Waals surface area contributed by atoms with Crippen LogP contribution in [0.5, 0.6) is 5.75 Å². The van der Waals surface area contributed by atoms with Gasteiger partial charge in [0.2, 0.25) is 0 Å². The number of rotatable bonds is 4. The van der Waals surface area contributed by atoms with Gasteiger partial charge >= 0.3 is 0 Å². The number of thiocarbonyl (C=S) groups is 1. The molecule has 0 radical (unpaired) electrons. The first-order valence-electron chi connectivity index (χ1n) is 5.67. The van der Waals surface area contributed by atoms with Crippen LogP contribution in [0.25, 0.3) is 0 Å². The van der Waals surface area contributed by atoms with Gasteiger partial charge in [0.15, 0.2) is 5.11 Å². The summed E-state index contributed by atoms with van der Waals surface area (Å²) in [5.41, 5.74) is 1.21. The second kappa shape index (κ2) is 6.45. The first-order chi connectivity index (χ1) is 8.02. The lowest BCUT2D eigenvalue weighted by Gasteiger charge is -2.22. The second-order valence-corrected chi connectivity index (χ2v) is 4.70. The van der Waals surface area contributed by atoms with Crippen LogP contribution in [0.3, 0.4) is 0 Å². The lowest BCUT2D eigenvalue weighted by Crippen LogP contribution is -2.40. The molecule has 94 valence electrons. The van der Waals surface area contributed by atoms with Crippen LogP contribution in [-0.2, 0) is 6.54 Å². The van der Waals surface area contributed by atoms with E-state index in [2.05, 4.69) is 19.2 Å². The van der Waals surface area contributed by atoms with Gasteiger partial charge in [-0.05, 0) is 43.8 Å². The molecule has 1 aromatic carbocycles. The third-order valence-corrected chi connectivity index (χ3v) is 2.77. The molecule has 3 nitrogen and oxygen atoms in total. The lowest BCUT2D eigenvalue weighted by molar-refractivity contribution is 0.414. The number of nitrogens with one attached hydrogen (secondary N) is 1. The van der Waals surface area contributed by atoms with Crippen molar-refractivity contribution in [1.82, 2.24) is 10.2 Å². The van der Waals surface area contributed by atoms with E-state index in [1.54, 1.807) is 7.11 Å². The van der Waals surface area contributed by atoms with E-state index in [4.69, 9.17) is 17.0 Å². The minimum absolute atomic E-state index is 0.362. The molecule has 0 heterocycles. The Balaban J connectivity index is 2.55. The molecule has 0 aromatic heterocycles. The Morgan fingerprint density at radius 3 is 2.41 bits per heavy atom.